The first-order valence-corrected chi connectivity index (χ1v) is 5.04. The van der Waals surface area contributed by atoms with E-state index in [9.17, 15) is 5.11 Å². The molecular formula is C10H11NOS. The summed E-state index contributed by atoms with van der Waals surface area (Å²) in [7, 11) is 0. The summed E-state index contributed by atoms with van der Waals surface area (Å²) in [6.45, 7) is 0.584. The van der Waals surface area contributed by atoms with Crippen molar-refractivity contribution in [3.63, 3.8) is 0 Å². The number of hydrogen-bond donors (Lipinski definition) is 2. The second-order valence-corrected chi connectivity index (χ2v) is 4.05. The minimum Gasteiger partial charge on any atom is -0.506 e. The zero-order valence-electron chi connectivity index (χ0n) is 7.16. The number of nitrogens with two attached hydrogens (primary N) is 1. The quantitative estimate of drug-likeness (QED) is 0.767. The van der Waals surface area contributed by atoms with Crippen LogP contribution in [-0.4, -0.2) is 11.7 Å². The number of benzene rings is 1. The van der Waals surface area contributed by atoms with Crippen LogP contribution in [0.15, 0.2) is 24.3 Å². The van der Waals surface area contributed by atoms with Gasteiger partial charge in [0.1, 0.15) is 5.75 Å². The maximum Gasteiger partial charge on any atom is 0.137 e. The maximum absolute atomic E-state index is 9.78. The summed E-state index contributed by atoms with van der Waals surface area (Å²) >= 11 is 1.62. The molecule has 0 atom stereocenters. The van der Waals surface area contributed by atoms with E-state index in [1.807, 2.05) is 24.3 Å². The van der Waals surface area contributed by atoms with Crippen LogP contribution < -0.4 is 5.73 Å². The van der Waals surface area contributed by atoms with E-state index < -0.39 is 0 Å². The summed E-state index contributed by atoms with van der Waals surface area (Å²) in [5.74, 6) is 0.408. The minimum absolute atomic E-state index is 0.408. The van der Waals surface area contributed by atoms with Crippen molar-refractivity contribution in [3.05, 3.63) is 29.1 Å². The van der Waals surface area contributed by atoms with E-state index in [0.29, 0.717) is 12.3 Å². The molecule has 2 aromatic rings. The fourth-order valence-corrected chi connectivity index (χ4v) is 2.50. The molecule has 1 aromatic carbocycles. The van der Waals surface area contributed by atoms with Gasteiger partial charge in [0.05, 0.1) is 0 Å². The Hall–Kier alpha value is -1.06. The average Bonchev–Trinajstić information content (AvgIpc) is 2.46. The molecule has 0 saturated heterocycles. The van der Waals surface area contributed by atoms with Gasteiger partial charge in [0.25, 0.3) is 0 Å². The van der Waals surface area contributed by atoms with Gasteiger partial charge in [-0.1, -0.05) is 12.1 Å². The fourth-order valence-electron chi connectivity index (χ4n) is 1.38. The van der Waals surface area contributed by atoms with Crippen molar-refractivity contribution in [3.8, 4) is 5.75 Å². The molecule has 0 aliphatic heterocycles. The summed E-state index contributed by atoms with van der Waals surface area (Å²) in [6.07, 6.45) is 0.755. The molecule has 0 spiro atoms. The van der Waals surface area contributed by atoms with Gasteiger partial charge in [0.15, 0.2) is 0 Å². The van der Waals surface area contributed by atoms with Crippen molar-refractivity contribution >= 4 is 21.4 Å². The molecule has 0 amide bonds. The van der Waals surface area contributed by atoms with Crippen LogP contribution in [0.25, 0.3) is 10.1 Å². The lowest BCUT2D eigenvalue weighted by Gasteiger charge is -1.93. The molecule has 0 aliphatic carbocycles. The van der Waals surface area contributed by atoms with Crippen molar-refractivity contribution in [1.29, 1.82) is 0 Å². The Bertz CT molecular complexity index is 422. The van der Waals surface area contributed by atoms with Crippen molar-refractivity contribution < 1.29 is 5.11 Å². The second-order valence-electron chi connectivity index (χ2n) is 2.91. The Morgan fingerprint density at radius 2 is 2.08 bits per heavy atom. The number of thiophene rings is 1. The maximum atomic E-state index is 9.78. The van der Waals surface area contributed by atoms with E-state index in [0.717, 1.165) is 21.4 Å². The molecule has 1 heterocycles. The summed E-state index contributed by atoms with van der Waals surface area (Å²) in [4.78, 5) is 0.990. The summed E-state index contributed by atoms with van der Waals surface area (Å²) in [5.41, 5.74) is 5.45. The van der Waals surface area contributed by atoms with Crippen LogP contribution in [-0.2, 0) is 6.42 Å². The Balaban J connectivity index is 2.60. The molecule has 0 unspecified atom stereocenters. The van der Waals surface area contributed by atoms with Gasteiger partial charge in [-0.2, -0.15) is 0 Å². The van der Waals surface area contributed by atoms with E-state index >= 15 is 0 Å². The molecule has 3 N–H and O–H groups in total. The molecule has 0 radical (unpaired) electrons. The highest BCUT2D eigenvalue weighted by Crippen LogP contribution is 2.36. The van der Waals surface area contributed by atoms with Crippen LogP contribution >= 0.6 is 11.3 Å². The van der Waals surface area contributed by atoms with Crippen LogP contribution in [0.5, 0.6) is 5.75 Å². The van der Waals surface area contributed by atoms with E-state index in [1.54, 1.807) is 11.3 Å². The third kappa shape index (κ3) is 1.41. The van der Waals surface area contributed by atoms with Crippen LogP contribution in [0.2, 0.25) is 0 Å². The Kier molecular flexibility index (Phi) is 2.20. The third-order valence-electron chi connectivity index (χ3n) is 2.01. The highest BCUT2D eigenvalue weighted by Gasteiger charge is 2.08. The first kappa shape index (κ1) is 8.53. The van der Waals surface area contributed by atoms with Gasteiger partial charge in [0, 0.05) is 15.0 Å². The number of fused-ring (bicyclic) bond motifs is 1. The van der Waals surface area contributed by atoms with Crippen molar-refractivity contribution in [2.75, 3.05) is 6.54 Å². The molecule has 68 valence electrons. The van der Waals surface area contributed by atoms with Gasteiger partial charge in [0.2, 0.25) is 0 Å². The van der Waals surface area contributed by atoms with Gasteiger partial charge in [-0.15, -0.1) is 11.3 Å². The molecule has 0 saturated carbocycles. The molecule has 0 bridgehead atoms. The Morgan fingerprint density at radius 3 is 2.77 bits per heavy atom. The van der Waals surface area contributed by atoms with E-state index in [-0.39, 0.29) is 0 Å². The topological polar surface area (TPSA) is 46.2 Å². The Labute approximate surface area is 80.6 Å². The van der Waals surface area contributed by atoms with Gasteiger partial charge >= 0.3 is 0 Å². The monoisotopic (exact) mass is 193 g/mol. The predicted molar refractivity (Wildman–Crippen MR) is 56.2 cm³/mol. The molecule has 2 nitrogen and oxygen atoms in total. The van der Waals surface area contributed by atoms with Gasteiger partial charge in [-0.05, 0) is 25.1 Å². The molecule has 2 rings (SSSR count). The van der Waals surface area contributed by atoms with Crippen LogP contribution in [0.1, 0.15) is 4.88 Å². The number of aromatic hydroxyl groups is 1. The molecule has 0 fully saturated rings. The van der Waals surface area contributed by atoms with E-state index in [4.69, 9.17) is 5.73 Å². The SMILES string of the molecule is NCCc1sc2ccccc2c1O. The zero-order valence-corrected chi connectivity index (χ0v) is 7.97. The van der Waals surface area contributed by atoms with Crippen LogP contribution in [0.4, 0.5) is 0 Å². The standard InChI is InChI=1S/C10H11NOS/c11-6-5-9-10(12)7-3-1-2-4-8(7)13-9/h1-4,12H,5-6,11H2. The first-order chi connectivity index (χ1) is 6.33. The molecule has 1 aromatic heterocycles. The highest BCUT2D eigenvalue weighted by molar-refractivity contribution is 7.19. The fraction of sp³-hybridized carbons (Fsp3) is 0.200. The largest absolute Gasteiger partial charge is 0.506 e. The summed E-state index contributed by atoms with van der Waals surface area (Å²) in [6, 6.07) is 7.85. The number of hydrogen-bond acceptors (Lipinski definition) is 3. The first-order valence-electron chi connectivity index (χ1n) is 4.22. The van der Waals surface area contributed by atoms with Crippen LogP contribution in [0, 0.1) is 0 Å². The lowest BCUT2D eigenvalue weighted by molar-refractivity contribution is 0.477. The summed E-state index contributed by atoms with van der Waals surface area (Å²) in [5, 5.41) is 10.7. The molecule has 3 heteroatoms. The number of rotatable bonds is 2. The normalized spacial score (nSPS) is 10.8. The lowest BCUT2D eigenvalue weighted by atomic mass is 10.2. The lowest BCUT2D eigenvalue weighted by Crippen LogP contribution is -2.00. The average molecular weight is 193 g/mol. The molecular weight excluding hydrogens is 182 g/mol. The van der Waals surface area contributed by atoms with E-state index in [1.165, 1.54) is 0 Å². The zero-order chi connectivity index (χ0) is 9.26. The van der Waals surface area contributed by atoms with Crippen molar-refractivity contribution in [2.24, 2.45) is 5.73 Å². The van der Waals surface area contributed by atoms with Gasteiger partial charge < -0.3 is 10.8 Å². The Morgan fingerprint density at radius 1 is 1.31 bits per heavy atom. The summed E-state index contributed by atoms with van der Waals surface area (Å²) < 4.78 is 1.13. The third-order valence-corrected chi connectivity index (χ3v) is 3.23. The molecule has 0 aliphatic rings. The second kappa shape index (κ2) is 3.36. The van der Waals surface area contributed by atoms with Gasteiger partial charge in [-0.25, -0.2) is 0 Å². The van der Waals surface area contributed by atoms with E-state index in [2.05, 4.69) is 0 Å². The van der Waals surface area contributed by atoms with Crippen molar-refractivity contribution in [1.82, 2.24) is 0 Å². The van der Waals surface area contributed by atoms with Crippen molar-refractivity contribution in [2.45, 2.75) is 6.42 Å². The smallest absolute Gasteiger partial charge is 0.137 e. The minimum atomic E-state index is 0.408. The molecule has 13 heavy (non-hydrogen) atoms. The van der Waals surface area contributed by atoms with Crippen LogP contribution in [0.3, 0.4) is 0 Å². The highest BCUT2D eigenvalue weighted by atomic mass is 32.1. The predicted octanol–water partition coefficient (Wildman–Crippen LogP) is 2.11. The van der Waals surface area contributed by atoms with Gasteiger partial charge in [-0.3, -0.25) is 0 Å².